The molecule has 2 atom stereocenters. The van der Waals surface area contributed by atoms with Crippen LogP contribution < -0.4 is 5.73 Å². The summed E-state index contributed by atoms with van der Waals surface area (Å²) < 4.78 is 0.870. The van der Waals surface area contributed by atoms with Gasteiger partial charge < -0.3 is 5.73 Å². The van der Waals surface area contributed by atoms with E-state index in [2.05, 4.69) is 11.8 Å². The zero-order valence-electron chi connectivity index (χ0n) is 13.9. The monoisotopic (exact) mass is 393 g/mol. The Morgan fingerprint density at radius 2 is 2.00 bits per heavy atom. The number of amides is 1. The van der Waals surface area contributed by atoms with Crippen molar-refractivity contribution < 1.29 is 4.79 Å². The van der Waals surface area contributed by atoms with Crippen molar-refractivity contribution in [1.82, 2.24) is 9.88 Å². The van der Waals surface area contributed by atoms with Gasteiger partial charge in [-0.2, -0.15) is 0 Å². The van der Waals surface area contributed by atoms with Gasteiger partial charge in [0.2, 0.25) is 0 Å². The summed E-state index contributed by atoms with van der Waals surface area (Å²) in [5, 5.41) is 0.711. The number of halogens is 1. The third-order valence-electron chi connectivity index (χ3n) is 5.37. The lowest BCUT2D eigenvalue weighted by Gasteiger charge is -2.49. The Balaban J connectivity index is 1.66. The lowest BCUT2D eigenvalue weighted by molar-refractivity contribution is 0.0332. The van der Waals surface area contributed by atoms with Crippen LogP contribution in [0.5, 0.6) is 0 Å². The predicted octanol–water partition coefficient (Wildman–Crippen LogP) is 4.24. The molecule has 5 rings (SSSR count). The minimum atomic E-state index is -0.362. The van der Waals surface area contributed by atoms with Crippen LogP contribution in [0, 0.1) is 5.92 Å². The van der Waals surface area contributed by atoms with E-state index in [1.165, 1.54) is 24.2 Å². The second-order valence-corrected chi connectivity index (χ2v) is 9.51. The van der Waals surface area contributed by atoms with Gasteiger partial charge in [0.05, 0.1) is 5.69 Å². The molecule has 0 radical (unpaired) electrons. The third kappa shape index (κ3) is 3.33. The normalized spacial score (nSPS) is 28.2. The molecular weight excluding hydrogens is 374 g/mol. The summed E-state index contributed by atoms with van der Waals surface area (Å²) in [7, 11) is 0. The maximum atomic E-state index is 12.0. The van der Waals surface area contributed by atoms with E-state index in [-0.39, 0.29) is 5.91 Å². The first-order valence-electron chi connectivity index (χ1n) is 8.51. The lowest BCUT2D eigenvalue weighted by atomic mass is 9.72. The van der Waals surface area contributed by atoms with Crippen LogP contribution in [-0.4, -0.2) is 34.9 Å². The molecule has 0 spiro atoms. The van der Waals surface area contributed by atoms with Gasteiger partial charge in [-0.25, -0.2) is 4.98 Å². The van der Waals surface area contributed by atoms with Crippen molar-refractivity contribution in [3.8, 4) is 0 Å². The van der Waals surface area contributed by atoms with Gasteiger partial charge >= 0.3 is 0 Å². The van der Waals surface area contributed by atoms with Gasteiger partial charge in [-0.05, 0) is 63.0 Å². The van der Waals surface area contributed by atoms with Crippen LogP contribution in [0.15, 0.2) is 33.5 Å². The molecule has 1 aromatic heterocycles. The highest BCUT2D eigenvalue weighted by Gasteiger charge is 2.43. The number of carbonyl (C=O) groups excluding carboxylic acids is 1. The van der Waals surface area contributed by atoms with Gasteiger partial charge in [-0.1, -0.05) is 23.4 Å². The summed E-state index contributed by atoms with van der Waals surface area (Å²) in [6.45, 7) is 4.57. The molecule has 132 valence electrons. The molecule has 3 aliphatic rings. The average molecular weight is 394 g/mol. The summed E-state index contributed by atoms with van der Waals surface area (Å²) in [5.74, 6) is 0.550. The number of nitrogens with zero attached hydrogens (tertiary/aromatic N) is 2. The molecule has 0 unspecified atom stereocenters. The Morgan fingerprint density at radius 3 is 2.60 bits per heavy atom. The Bertz CT molecular complexity index is 782. The Kier molecular flexibility index (Phi) is 4.79. The smallest absolute Gasteiger partial charge is 0.260 e. The minimum Gasteiger partial charge on any atom is -0.365 e. The molecule has 1 amide bonds. The lowest BCUT2D eigenvalue weighted by Crippen LogP contribution is -2.52. The Labute approximate surface area is 160 Å². The van der Waals surface area contributed by atoms with Crippen molar-refractivity contribution in [3.05, 3.63) is 39.9 Å². The van der Waals surface area contributed by atoms with Crippen LogP contribution in [0.3, 0.4) is 0 Å². The number of nitrogens with two attached hydrogens (primary N) is 1. The number of piperidine rings is 3. The molecule has 2 N–H and O–H groups in total. The van der Waals surface area contributed by atoms with E-state index in [4.69, 9.17) is 22.3 Å². The van der Waals surface area contributed by atoms with Gasteiger partial charge in [-0.15, -0.1) is 11.3 Å². The molecule has 3 saturated heterocycles. The summed E-state index contributed by atoms with van der Waals surface area (Å²) in [5.41, 5.74) is 6.60. The first kappa shape index (κ1) is 17.3. The fourth-order valence-electron chi connectivity index (χ4n) is 4.12. The SMILES string of the molecule is C[C@H]1[C@H](c2nc(Sc3ccc(Cl)cc3)sc2C(N)=O)C2CCN1CC2. The first-order chi connectivity index (χ1) is 12.0. The second-order valence-electron chi connectivity index (χ2n) is 6.75. The van der Waals surface area contributed by atoms with Gasteiger partial charge in [0.25, 0.3) is 5.91 Å². The number of rotatable bonds is 4. The average Bonchev–Trinajstić information content (AvgIpc) is 3.02. The maximum Gasteiger partial charge on any atom is 0.260 e. The highest BCUT2D eigenvalue weighted by Crippen LogP contribution is 2.46. The van der Waals surface area contributed by atoms with Crippen LogP contribution in [-0.2, 0) is 0 Å². The van der Waals surface area contributed by atoms with Crippen LogP contribution in [0.2, 0.25) is 5.02 Å². The topological polar surface area (TPSA) is 59.2 Å². The number of aromatic nitrogens is 1. The van der Waals surface area contributed by atoms with Gasteiger partial charge in [0.15, 0.2) is 4.34 Å². The Morgan fingerprint density at radius 1 is 1.32 bits per heavy atom. The van der Waals surface area contributed by atoms with Gasteiger partial charge in [0.1, 0.15) is 4.88 Å². The van der Waals surface area contributed by atoms with Crippen molar-refractivity contribution in [1.29, 1.82) is 0 Å². The molecule has 2 aromatic rings. The molecule has 4 heterocycles. The summed E-state index contributed by atoms with van der Waals surface area (Å²) in [6.07, 6.45) is 2.37. The largest absolute Gasteiger partial charge is 0.365 e. The zero-order chi connectivity index (χ0) is 17.6. The first-order valence-corrected chi connectivity index (χ1v) is 10.5. The Hall–Kier alpha value is -1.08. The molecular formula is C18H20ClN3OS2. The van der Waals surface area contributed by atoms with E-state index in [1.807, 2.05) is 24.3 Å². The van der Waals surface area contributed by atoms with Crippen LogP contribution in [0.4, 0.5) is 0 Å². The van der Waals surface area contributed by atoms with Crippen LogP contribution >= 0.6 is 34.7 Å². The molecule has 4 nitrogen and oxygen atoms in total. The summed E-state index contributed by atoms with van der Waals surface area (Å²) in [6, 6.07) is 8.08. The number of carbonyl (C=O) groups is 1. The van der Waals surface area contributed by atoms with Crippen molar-refractivity contribution in [2.24, 2.45) is 11.7 Å². The van der Waals surface area contributed by atoms with Crippen molar-refractivity contribution in [2.75, 3.05) is 13.1 Å². The van der Waals surface area contributed by atoms with Crippen molar-refractivity contribution in [3.63, 3.8) is 0 Å². The zero-order valence-corrected chi connectivity index (χ0v) is 16.3. The van der Waals surface area contributed by atoms with Crippen molar-refractivity contribution >= 4 is 40.6 Å². The minimum absolute atomic E-state index is 0.306. The molecule has 3 aliphatic heterocycles. The number of benzene rings is 1. The summed E-state index contributed by atoms with van der Waals surface area (Å²) in [4.78, 5) is 21.1. The highest BCUT2D eigenvalue weighted by molar-refractivity contribution is 8.01. The number of hydrogen-bond donors (Lipinski definition) is 1. The van der Waals surface area contributed by atoms with Crippen LogP contribution in [0.1, 0.15) is 41.0 Å². The molecule has 7 heteroatoms. The van der Waals surface area contributed by atoms with Gasteiger partial charge in [-0.3, -0.25) is 9.69 Å². The fraction of sp³-hybridized carbons (Fsp3) is 0.444. The molecule has 1 aromatic carbocycles. The molecule has 3 fully saturated rings. The maximum absolute atomic E-state index is 12.0. The van der Waals surface area contributed by atoms with E-state index < -0.39 is 0 Å². The van der Waals surface area contributed by atoms with Crippen molar-refractivity contribution in [2.45, 2.75) is 41.0 Å². The van der Waals surface area contributed by atoms with Crippen LogP contribution in [0.25, 0.3) is 0 Å². The highest BCUT2D eigenvalue weighted by atomic mass is 35.5. The van der Waals surface area contributed by atoms with E-state index in [1.54, 1.807) is 11.8 Å². The number of thiazole rings is 1. The molecule has 2 bridgehead atoms. The van der Waals surface area contributed by atoms with Gasteiger partial charge in [0, 0.05) is 21.9 Å². The number of hydrogen-bond acceptors (Lipinski definition) is 5. The summed E-state index contributed by atoms with van der Waals surface area (Å²) >= 11 is 8.93. The predicted molar refractivity (Wildman–Crippen MR) is 103 cm³/mol. The molecule has 0 aliphatic carbocycles. The van der Waals surface area contributed by atoms with E-state index in [9.17, 15) is 4.79 Å². The molecule has 0 saturated carbocycles. The quantitative estimate of drug-likeness (QED) is 0.843. The number of primary amides is 1. The third-order valence-corrected chi connectivity index (χ3v) is 7.78. The van der Waals surface area contributed by atoms with E-state index in [0.29, 0.717) is 27.8 Å². The fourth-order valence-corrected chi connectivity index (χ4v) is 6.27. The number of fused-ring (bicyclic) bond motifs is 3. The molecule has 25 heavy (non-hydrogen) atoms. The van der Waals surface area contributed by atoms with E-state index >= 15 is 0 Å². The van der Waals surface area contributed by atoms with E-state index in [0.717, 1.165) is 28.0 Å². The second kappa shape index (κ2) is 6.91. The standard InChI is InChI=1S/C18H20ClN3OS2/c1-10-14(11-6-8-22(10)9-7-11)15-16(17(20)23)25-18(21-15)24-13-4-2-12(19)3-5-13/h2-5,10-11,14H,6-9H2,1H3,(H2,20,23)/t10-,14-/m0/s1.